The summed E-state index contributed by atoms with van der Waals surface area (Å²) in [5.74, 6) is -11.5. The first-order chi connectivity index (χ1) is 46.0. The highest BCUT2D eigenvalue weighted by Crippen LogP contribution is 2.38. The molecule has 99 heavy (non-hydrogen) atoms. The van der Waals surface area contributed by atoms with Gasteiger partial charge in [-0.2, -0.15) is 0 Å². The van der Waals surface area contributed by atoms with E-state index in [0.717, 1.165) is 14.7 Å². The molecule has 0 aromatic heterocycles. The largest absolute Gasteiger partial charge is 0.458 e. The number of nitrogens with one attached hydrogen (secondary N) is 3. The van der Waals surface area contributed by atoms with Crippen molar-refractivity contribution >= 4 is 70.9 Å². The van der Waals surface area contributed by atoms with Crippen LogP contribution in [0.1, 0.15) is 172 Å². The number of ether oxygens (including phenoxy) is 2. The van der Waals surface area contributed by atoms with Crippen molar-refractivity contribution in [1.29, 1.82) is 0 Å². The van der Waals surface area contributed by atoms with E-state index in [2.05, 4.69) is 22.5 Å². The molecule has 4 N–H and O–H groups in total. The molecule has 26 heteroatoms. The van der Waals surface area contributed by atoms with Crippen LogP contribution in [0.5, 0.6) is 0 Å². The number of aliphatic hydroxyl groups is 1. The van der Waals surface area contributed by atoms with E-state index >= 15 is 24.0 Å². The highest BCUT2D eigenvalue weighted by Gasteiger charge is 2.54. The number of amides is 11. The monoisotopic (exact) mass is 1390 g/mol. The maximum absolute atomic E-state index is 16.3. The van der Waals surface area contributed by atoms with E-state index in [0.29, 0.717) is 0 Å². The zero-order valence-corrected chi connectivity index (χ0v) is 63.5. The lowest BCUT2D eigenvalue weighted by Crippen LogP contribution is -2.64. The van der Waals surface area contributed by atoms with Gasteiger partial charge in [0, 0.05) is 54.9 Å². The van der Waals surface area contributed by atoms with Gasteiger partial charge in [-0.1, -0.05) is 127 Å². The predicted molar refractivity (Wildman–Crippen MR) is 377 cm³/mol. The average Bonchev–Trinajstić information content (AvgIpc) is 1.65. The van der Waals surface area contributed by atoms with E-state index in [1.807, 2.05) is 55.4 Å². The number of allylic oxidation sites excluding steroid dienone is 2. The molecule has 0 spiro atoms. The van der Waals surface area contributed by atoms with Gasteiger partial charge in [0.25, 0.3) is 5.91 Å². The summed E-state index contributed by atoms with van der Waals surface area (Å²) in [7, 11) is 9.78. The maximum atomic E-state index is 16.3. The number of fused-ring (bicyclic) bond motifs is 1. The second kappa shape index (κ2) is 38.2. The highest BCUT2D eigenvalue weighted by atomic mass is 16.5. The van der Waals surface area contributed by atoms with E-state index in [9.17, 15) is 38.7 Å². The van der Waals surface area contributed by atoms with Crippen LogP contribution in [0.2, 0.25) is 0 Å². The Balaban J connectivity index is 2.50. The zero-order chi connectivity index (χ0) is 75.7. The van der Waals surface area contributed by atoms with E-state index in [-0.39, 0.29) is 73.5 Å². The fraction of sp³-hybridized carbons (Fsp3) is 0.699. The minimum atomic E-state index is -1.82. The van der Waals surface area contributed by atoms with Gasteiger partial charge >= 0.3 is 5.97 Å². The quantitative estimate of drug-likeness (QED) is 0.111. The van der Waals surface area contributed by atoms with Crippen molar-refractivity contribution in [2.45, 2.75) is 229 Å². The van der Waals surface area contributed by atoms with Crippen molar-refractivity contribution in [3.8, 4) is 0 Å². The molecule has 2 fully saturated rings. The van der Waals surface area contributed by atoms with Crippen LogP contribution in [-0.4, -0.2) is 250 Å². The number of likely N-dealkylation sites (N-methyl/N-ethyl adjacent to an activating group) is 7. The van der Waals surface area contributed by atoms with Gasteiger partial charge in [-0.3, -0.25) is 57.6 Å². The summed E-state index contributed by atoms with van der Waals surface area (Å²) < 4.78 is 11.9. The molecule has 11 amide bonds. The zero-order valence-electron chi connectivity index (χ0n) is 63.5. The van der Waals surface area contributed by atoms with Gasteiger partial charge in [-0.15, -0.1) is 0 Å². The van der Waals surface area contributed by atoms with Gasteiger partial charge in [0.1, 0.15) is 67.0 Å². The van der Waals surface area contributed by atoms with Gasteiger partial charge in [0.05, 0.1) is 24.3 Å². The molecular formula is C73H119N11O15. The molecule has 0 radical (unpaired) electrons. The van der Waals surface area contributed by atoms with Crippen LogP contribution in [0.3, 0.4) is 0 Å². The number of hydrogen-bond donors (Lipinski definition) is 4. The predicted octanol–water partition coefficient (Wildman–Crippen LogP) is 5.03. The summed E-state index contributed by atoms with van der Waals surface area (Å²) >= 11 is 0. The second-order valence-electron chi connectivity index (χ2n) is 29.5. The number of aliphatic hydroxyl groups excluding tert-OH is 1. The molecular weight excluding hydrogens is 1270 g/mol. The fourth-order valence-electron chi connectivity index (χ4n) is 12.7. The molecule has 2 saturated heterocycles. The van der Waals surface area contributed by atoms with E-state index in [1.54, 1.807) is 60.6 Å². The Bertz CT molecular complexity index is 3030. The molecule has 4 unspecified atom stereocenters. The Hall–Kier alpha value is -7.74. The summed E-state index contributed by atoms with van der Waals surface area (Å²) in [6.07, 6.45) is 1.35. The minimum absolute atomic E-state index is 0.0755. The molecule has 1 aromatic rings. The summed E-state index contributed by atoms with van der Waals surface area (Å²) in [4.78, 5) is 188. The fourth-order valence-corrected chi connectivity index (χ4v) is 12.7. The molecule has 2 aliphatic heterocycles. The van der Waals surface area contributed by atoms with Crippen molar-refractivity contribution in [2.75, 3.05) is 62.5 Å². The Morgan fingerprint density at radius 1 is 0.556 bits per heavy atom. The molecule has 1 aromatic carbocycles. The third-order valence-corrected chi connectivity index (χ3v) is 18.6. The van der Waals surface area contributed by atoms with Crippen LogP contribution in [-0.2, 0) is 62.2 Å². The molecule has 3 rings (SSSR count). The van der Waals surface area contributed by atoms with Gasteiger partial charge in [-0.05, 0) is 113 Å². The Labute approximate surface area is 588 Å². The molecule has 0 saturated carbocycles. The number of carbonyl (C=O) groups is 12. The van der Waals surface area contributed by atoms with Gasteiger partial charge in [-0.25, -0.2) is 4.79 Å². The lowest BCUT2D eigenvalue weighted by molar-refractivity contribution is -0.162. The number of carbonyl (C=O) groups excluding carboxylic acids is 12. The minimum Gasteiger partial charge on any atom is -0.458 e. The summed E-state index contributed by atoms with van der Waals surface area (Å²) in [6.45, 7) is 32.4. The smallest absolute Gasteiger partial charge is 0.338 e. The first kappa shape index (κ1) is 85.5. The number of benzene rings is 1. The van der Waals surface area contributed by atoms with Crippen molar-refractivity contribution < 1.29 is 72.1 Å². The summed E-state index contributed by atoms with van der Waals surface area (Å²) in [5, 5.41) is 21.0. The van der Waals surface area contributed by atoms with Gasteiger partial charge in [0.2, 0.25) is 59.1 Å². The SMILES string of the molecule is C=CCOC(=O)c1ccc(C2OC(C)[C@H]3C(=O)N(C)CC(=O)N(C)[C@@H](CC(C)C)C(=O)N[C@@H](C(C)C)C(=O)N(C)[C@@H](CC(C)C)C(=O)N[C@@H](C)C(=O)N[C@@H](C)C(=O)N(C)[C@@H](CC(C)C)C(=O)N(C)[C@@H](CC(C)C)C(=O)N(C)[C@@H](C(C)C)C(=O)N(C)[C@H](C(O)C(C)C/C=C/C)C(=O)N23)cc1. The first-order valence-corrected chi connectivity index (χ1v) is 34.9. The lowest BCUT2D eigenvalue weighted by Gasteiger charge is -2.43. The number of hydrogen-bond acceptors (Lipinski definition) is 15. The van der Waals surface area contributed by atoms with Crippen molar-refractivity contribution in [1.82, 2.24) is 55.1 Å². The lowest BCUT2D eigenvalue weighted by atomic mass is 9.90. The van der Waals surface area contributed by atoms with Crippen molar-refractivity contribution in [3.63, 3.8) is 0 Å². The molecule has 2 aliphatic rings. The Kier molecular flexibility index (Phi) is 33.0. The third kappa shape index (κ3) is 22.1. The molecule has 0 bridgehead atoms. The topological polar surface area (TPSA) is 306 Å². The summed E-state index contributed by atoms with van der Waals surface area (Å²) in [5.41, 5.74) is 0.396. The van der Waals surface area contributed by atoms with Crippen molar-refractivity contribution in [3.05, 3.63) is 60.2 Å². The normalized spacial score (nSPS) is 26.8. The standard InChI is InChI=1S/C73H119N11O15/c1-26-28-29-46(15)61(86)60-71(96)84-59(49(18)99-72(84)50-30-32-51(33-31-50)73(97)98-34-27-2)69(94)77(19)39-56(85)78(20)52(35-40(3)4)64(89)76-57(44(11)12)68(93)79(21)53(36-41(5)6)63(88)74-47(16)62(87)75-48(17)65(90)80(22)54(37-42(7)8)66(91)81(23)55(38-43(9)10)67(92)82(24)58(45(13)14)70(95)83(60)25/h26-28,30-33,40-49,52-55,57-61,72,86H,2,29,34-39H2,1,3-25H3,(H,74,88)(H,75,87)(H,76,89)/b28-26+/t46?,47-,48-,49?,52-,53-,54-,55-,57-,58-,59-,60+,61?,72?/m0/s1. The Morgan fingerprint density at radius 2 is 1.01 bits per heavy atom. The van der Waals surface area contributed by atoms with Crippen LogP contribution in [0.4, 0.5) is 0 Å². The second-order valence-corrected chi connectivity index (χ2v) is 29.5. The summed E-state index contributed by atoms with van der Waals surface area (Å²) in [6, 6.07) is -7.43. The first-order valence-electron chi connectivity index (χ1n) is 34.9. The molecule has 556 valence electrons. The maximum Gasteiger partial charge on any atom is 0.338 e. The van der Waals surface area contributed by atoms with E-state index < -0.39 is 174 Å². The van der Waals surface area contributed by atoms with E-state index in [4.69, 9.17) is 9.47 Å². The molecule has 26 nitrogen and oxygen atoms in total. The van der Waals surface area contributed by atoms with E-state index in [1.165, 1.54) is 118 Å². The average molecular weight is 1390 g/mol. The number of nitrogens with zero attached hydrogens (tertiary/aromatic N) is 8. The van der Waals surface area contributed by atoms with Crippen LogP contribution in [0, 0.1) is 41.4 Å². The highest BCUT2D eigenvalue weighted by molar-refractivity contribution is 6.00. The molecule has 14 atom stereocenters. The molecule has 0 aliphatic carbocycles. The van der Waals surface area contributed by atoms with Crippen LogP contribution >= 0.6 is 0 Å². The number of rotatable bonds is 18. The third-order valence-electron chi connectivity index (χ3n) is 18.6. The molecule has 2 heterocycles. The van der Waals surface area contributed by atoms with Gasteiger partial charge < -0.3 is 64.8 Å². The van der Waals surface area contributed by atoms with Crippen molar-refractivity contribution in [2.24, 2.45) is 41.4 Å². The van der Waals surface area contributed by atoms with Gasteiger partial charge in [0.15, 0.2) is 6.23 Å². The van der Waals surface area contributed by atoms with Crippen LogP contribution in [0.15, 0.2) is 49.1 Å². The Morgan fingerprint density at radius 3 is 1.49 bits per heavy atom. The van der Waals surface area contributed by atoms with Crippen LogP contribution < -0.4 is 16.0 Å². The van der Waals surface area contributed by atoms with Crippen LogP contribution in [0.25, 0.3) is 0 Å². The number of esters is 1.